The van der Waals surface area contributed by atoms with E-state index < -0.39 is 5.82 Å². The van der Waals surface area contributed by atoms with E-state index in [4.69, 9.17) is 16.3 Å². The van der Waals surface area contributed by atoms with Gasteiger partial charge in [-0.15, -0.1) is 0 Å². The third-order valence-corrected chi connectivity index (χ3v) is 6.28. The number of urea groups is 1. The minimum Gasteiger partial charge on any atom is -0.381 e. The van der Waals surface area contributed by atoms with Crippen LogP contribution < -0.4 is 10.9 Å². The standard InChI is InChI=1S/C24H25ClFN3O3/c1-15(20-13-27-23(30)19-5-3-2-4-18(19)20)29(14-16-8-10-32-11-9-16)24(31)28-17-6-7-22(26)21(25)12-17/h2-7,12-13,15-16H,8-11,14H2,1H3,(H,27,30)(H,28,31)/t15-/m1/s1. The lowest BCUT2D eigenvalue weighted by molar-refractivity contribution is 0.0534. The van der Waals surface area contributed by atoms with Gasteiger partial charge in [0.05, 0.1) is 11.1 Å². The number of aromatic nitrogens is 1. The van der Waals surface area contributed by atoms with Crippen LogP contribution in [0.15, 0.2) is 53.5 Å². The zero-order valence-electron chi connectivity index (χ0n) is 17.7. The number of benzene rings is 2. The number of H-pyrrole nitrogens is 1. The van der Waals surface area contributed by atoms with Crippen molar-refractivity contribution in [2.24, 2.45) is 5.92 Å². The molecule has 2 heterocycles. The molecular formula is C24H25ClFN3O3. The van der Waals surface area contributed by atoms with Crippen LogP contribution in [0.25, 0.3) is 10.8 Å². The molecule has 1 aromatic heterocycles. The molecule has 168 valence electrons. The zero-order chi connectivity index (χ0) is 22.7. The molecule has 4 rings (SSSR count). The highest BCUT2D eigenvalue weighted by Gasteiger charge is 2.27. The number of rotatable bonds is 5. The van der Waals surface area contributed by atoms with Gasteiger partial charge in [-0.1, -0.05) is 29.8 Å². The highest BCUT2D eigenvalue weighted by atomic mass is 35.5. The van der Waals surface area contributed by atoms with Crippen LogP contribution in [0.5, 0.6) is 0 Å². The number of fused-ring (bicyclic) bond motifs is 1. The van der Waals surface area contributed by atoms with E-state index in [-0.39, 0.29) is 22.7 Å². The van der Waals surface area contributed by atoms with Gasteiger partial charge in [0.2, 0.25) is 0 Å². The summed E-state index contributed by atoms with van der Waals surface area (Å²) in [6.45, 7) is 3.81. The maximum atomic E-state index is 13.5. The number of aromatic amines is 1. The summed E-state index contributed by atoms with van der Waals surface area (Å²) in [5.41, 5.74) is 1.09. The fourth-order valence-electron chi connectivity index (χ4n) is 4.14. The predicted octanol–water partition coefficient (Wildman–Crippen LogP) is 5.34. The van der Waals surface area contributed by atoms with Gasteiger partial charge in [0.25, 0.3) is 5.56 Å². The zero-order valence-corrected chi connectivity index (χ0v) is 18.5. The Kier molecular flexibility index (Phi) is 6.77. The van der Waals surface area contributed by atoms with Crippen molar-refractivity contribution in [1.82, 2.24) is 9.88 Å². The fourth-order valence-corrected chi connectivity index (χ4v) is 4.32. The molecule has 2 amide bonds. The third kappa shape index (κ3) is 4.79. The van der Waals surface area contributed by atoms with Gasteiger partial charge in [-0.05, 0) is 60.9 Å². The molecule has 0 radical (unpaired) electrons. The largest absolute Gasteiger partial charge is 0.381 e. The summed E-state index contributed by atoms with van der Waals surface area (Å²) in [6, 6.07) is 10.8. The molecule has 1 aliphatic heterocycles. The van der Waals surface area contributed by atoms with Gasteiger partial charge >= 0.3 is 6.03 Å². The fraction of sp³-hybridized carbons (Fsp3) is 0.333. The van der Waals surface area contributed by atoms with Crippen molar-refractivity contribution >= 4 is 34.1 Å². The van der Waals surface area contributed by atoms with E-state index in [2.05, 4.69) is 10.3 Å². The average molecular weight is 458 g/mol. The first-order valence-electron chi connectivity index (χ1n) is 10.6. The minimum absolute atomic E-state index is 0.0570. The SMILES string of the molecule is C[C@H](c1c[nH]c(=O)c2ccccc12)N(CC1CCOCC1)C(=O)Nc1ccc(F)c(Cl)c1. The molecule has 0 spiro atoms. The van der Waals surface area contributed by atoms with E-state index in [1.807, 2.05) is 25.1 Å². The Labute approximate surface area is 190 Å². The van der Waals surface area contributed by atoms with Gasteiger partial charge in [0, 0.05) is 37.0 Å². The normalized spacial score (nSPS) is 15.5. The molecule has 8 heteroatoms. The molecule has 1 atom stereocenters. The molecule has 2 N–H and O–H groups in total. The lowest BCUT2D eigenvalue weighted by Crippen LogP contribution is -2.41. The Bertz CT molecular complexity index is 1180. The molecule has 1 aliphatic rings. The van der Waals surface area contributed by atoms with E-state index in [0.29, 0.717) is 36.8 Å². The average Bonchev–Trinajstić information content (AvgIpc) is 2.80. The smallest absolute Gasteiger partial charge is 0.322 e. The van der Waals surface area contributed by atoms with Gasteiger partial charge in [0.1, 0.15) is 5.82 Å². The summed E-state index contributed by atoms with van der Waals surface area (Å²) in [6.07, 6.45) is 3.41. The molecule has 0 saturated carbocycles. The molecule has 32 heavy (non-hydrogen) atoms. The molecule has 3 aromatic rings. The van der Waals surface area contributed by atoms with Crippen molar-refractivity contribution in [3.8, 4) is 0 Å². The highest BCUT2D eigenvalue weighted by molar-refractivity contribution is 6.31. The number of carbonyl (C=O) groups excluding carboxylic acids is 1. The van der Waals surface area contributed by atoms with Crippen LogP contribution in [-0.4, -0.2) is 35.7 Å². The molecule has 1 saturated heterocycles. The molecule has 0 unspecified atom stereocenters. The number of hydrogen-bond donors (Lipinski definition) is 2. The molecule has 0 aliphatic carbocycles. The maximum Gasteiger partial charge on any atom is 0.322 e. The van der Waals surface area contributed by atoms with Crippen molar-refractivity contribution in [1.29, 1.82) is 0 Å². The first kappa shape index (κ1) is 22.3. The number of nitrogens with zero attached hydrogens (tertiary/aromatic N) is 1. The van der Waals surface area contributed by atoms with Crippen molar-refractivity contribution in [2.75, 3.05) is 25.1 Å². The molecule has 0 bridgehead atoms. The van der Waals surface area contributed by atoms with Crippen molar-refractivity contribution in [3.63, 3.8) is 0 Å². The van der Waals surface area contributed by atoms with Gasteiger partial charge in [-0.3, -0.25) is 4.79 Å². The Morgan fingerprint density at radius 1 is 1.25 bits per heavy atom. The summed E-state index contributed by atoms with van der Waals surface area (Å²) in [5, 5.41) is 4.17. The maximum absolute atomic E-state index is 13.5. The van der Waals surface area contributed by atoms with E-state index in [1.165, 1.54) is 18.2 Å². The quantitative estimate of drug-likeness (QED) is 0.543. The van der Waals surface area contributed by atoms with Crippen molar-refractivity contribution < 1.29 is 13.9 Å². The van der Waals surface area contributed by atoms with Crippen LogP contribution in [0.3, 0.4) is 0 Å². The second-order valence-electron chi connectivity index (χ2n) is 8.06. The number of pyridine rings is 1. The van der Waals surface area contributed by atoms with Crippen molar-refractivity contribution in [3.05, 3.63) is 75.4 Å². The lowest BCUT2D eigenvalue weighted by Gasteiger charge is -2.34. The Morgan fingerprint density at radius 3 is 2.69 bits per heavy atom. The Hall–Kier alpha value is -2.90. The van der Waals surface area contributed by atoms with Crippen LogP contribution in [0.2, 0.25) is 5.02 Å². The van der Waals surface area contributed by atoms with E-state index in [1.54, 1.807) is 17.2 Å². The van der Waals surface area contributed by atoms with Crippen LogP contribution in [-0.2, 0) is 4.74 Å². The molecular weight excluding hydrogens is 433 g/mol. The summed E-state index contributed by atoms with van der Waals surface area (Å²) < 4.78 is 19.0. The van der Waals surface area contributed by atoms with Gasteiger partial charge < -0.3 is 19.9 Å². The number of nitrogens with one attached hydrogen (secondary N) is 2. The number of ether oxygens (including phenoxy) is 1. The summed E-state index contributed by atoms with van der Waals surface area (Å²) in [4.78, 5) is 30.2. The topological polar surface area (TPSA) is 74.4 Å². The summed E-state index contributed by atoms with van der Waals surface area (Å²) in [7, 11) is 0. The molecule has 2 aromatic carbocycles. The van der Waals surface area contributed by atoms with E-state index in [9.17, 15) is 14.0 Å². The highest BCUT2D eigenvalue weighted by Crippen LogP contribution is 2.29. The van der Waals surface area contributed by atoms with Gasteiger partial charge in [0.15, 0.2) is 0 Å². The monoisotopic (exact) mass is 457 g/mol. The van der Waals surface area contributed by atoms with Crippen LogP contribution >= 0.6 is 11.6 Å². The van der Waals surface area contributed by atoms with E-state index >= 15 is 0 Å². The molecule has 6 nitrogen and oxygen atoms in total. The van der Waals surface area contributed by atoms with Gasteiger partial charge in [-0.2, -0.15) is 0 Å². The van der Waals surface area contributed by atoms with E-state index in [0.717, 1.165) is 23.8 Å². The van der Waals surface area contributed by atoms with Crippen molar-refractivity contribution in [2.45, 2.75) is 25.8 Å². The Morgan fingerprint density at radius 2 is 1.97 bits per heavy atom. The lowest BCUT2D eigenvalue weighted by atomic mass is 9.97. The summed E-state index contributed by atoms with van der Waals surface area (Å²) >= 11 is 5.88. The second kappa shape index (κ2) is 9.71. The number of anilines is 1. The predicted molar refractivity (Wildman–Crippen MR) is 124 cm³/mol. The van der Waals surface area contributed by atoms with Gasteiger partial charge in [-0.25, -0.2) is 9.18 Å². The van der Waals surface area contributed by atoms with Crippen LogP contribution in [0.4, 0.5) is 14.9 Å². The van der Waals surface area contributed by atoms with Crippen LogP contribution in [0.1, 0.15) is 31.4 Å². The summed E-state index contributed by atoms with van der Waals surface area (Å²) in [5.74, 6) is -0.250. The number of halogens is 2. The number of amides is 2. The first-order chi connectivity index (χ1) is 15.4. The second-order valence-corrected chi connectivity index (χ2v) is 8.47. The minimum atomic E-state index is -0.545. The first-order valence-corrected chi connectivity index (χ1v) is 11.0. The third-order valence-electron chi connectivity index (χ3n) is 5.99. The number of hydrogen-bond acceptors (Lipinski definition) is 3. The number of carbonyl (C=O) groups is 1. The molecule has 1 fully saturated rings. The van der Waals surface area contributed by atoms with Crippen LogP contribution in [0, 0.1) is 11.7 Å². The Balaban J connectivity index is 1.67.